The Morgan fingerprint density at radius 1 is 1.38 bits per heavy atom. The first-order valence-corrected chi connectivity index (χ1v) is 6.52. The maximum Gasteiger partial charge on any atom is 0.270 e. The van der Waals surface area contributed by atoms with E-state index in [0.717, 1.165) is 5.69 Å². The fourth-order valence-corrected chi connectivity index (χ4v) is 1.99. The van der Waals surface area contributed by atoms with Crippen molar-refractivity contribution in [2.24, 2.45) is 0 Å². The van der Waals surface area contributed by atoms with Crippen LogP contribution < -0.4 is 4.74 Å². The number of hydrogen-bond acceptors (Lipinski definition) is 5. The largest absolute Gasteiger partial charge is 0.487 e. The molecule has 21 heavy (non-hydrogen) atoms. The van der Waals surface area contributed by atoms with Crippen LogP contribution >= 0.6 is 11.6 Å². The van der Waals surface area contributed by atoms with Crippen molar-refractivity contribution in [3.05, 3.63) is 62.4 Å². The molecule has 6 nitrogen and oxygen atoms in total. The van der Waals surface area contributed by atoms with Crippen LogP contribution in [0.1, 0.15) is 17.0 Å². The molecule has 0 saturated carbocycles. The second kappa shape index (κ2) is 6.51. The van der Waals surface area contributed by atoms with Gasteiger partial charge in [-0.1, -0.05) is 11.6 Å². The highest BCUT2D eigenvalue weighted by molar-refractivity contribution is 6.31. The number of aliphatic hydroxyl groups excluding tert-OH is 1. The van der Waals surface area contributed by atoms with Crippen molar-refractivity contribution in [2.45, 2.75) is 20.1 Å². The van der Waals surface area contributed by atoms with Crippen molar-refractivity contribution >= 4 is 17.3 Å². The van der Waals surface area contributed by atoms with Crippen molar-refractivity contribution < 1.29 is 14.8 Å². The smallest absolute Gasteiger partial charge is 0.270 e. The van der Waals surface area contributed by atoms with Gasteiger partial charge < -0.3 is 9.84 Å². The topological polar surface area (TPSA) is 85.5 Å². The molecule has 0 saturated heterocycles. The van der Waals surface area contributed by atoms with Crippen LogP contribution in [0.5, 0.6) is 5.75 Å². The molecule has 0 aliphatic heterocycles. The molecule has 0 unspecified atom stereocenters. The molecule has 0 atom stereocenters. The zero-order valence-corrected chi connectivity index (χ0v) is 12.0. The number of nitrogens with zero attached hydrogens (tertiary/aromatic N) is 2. The standard InChI is InChI=1S/C14H13ClN2O4/c1-9-2-5-14(13(7-18)16-9)21-8-10-3-4-11(17(19)20)6-12(10)15/h2-6,18H,7-8H2,1H3. The summed E-state index contributed by atoms with van der Waals surface area (Å²) in [5.41, 5.74) is 1.76. The van der Waals surface area contributed by atoms with Crippen LogP contribution in [0.3, 0.4) is 0 Å². The first-order chi connectivity index (χ1) is 10.0. The highest BCUT2D eigenvalue weighted by Crippen LogP contribution is 2.25. The minimum absolute atomic E-state index is 0.0724. The molecule has 0 spiro atoms. The maximum absolute atomic E-state index is 10.6. The zero-order chi connectivity index (χ0) is 15.4. The normalized spacial score (nSPS) is 10.4. The number of aliphatic hydroxyl groups is 1. The summed E-state index contributed by atoms with van der Waals surface area (Å²) in [7, 11) is 0. The highest BCUT2D eigenvalue weighted by atomic mass is 35.5. The fourth-order valence-electron chi connectivity index (χ4n) is 1.76. The molecule has 0 bridgehead atoms. The number of rotatable bonds is 5. The molecular weight excluding hydrogens is 296 g/mol. The number of non-ortho nitro benzene ring substituents is 1. The van der Waals surface area contributed by atoms with Crippen molar-refractivity contribution in [2.75, 3.05) is 0 Å². The van der Waals surface area contributed by atoms with Gasteiger partial charge in [0.2, 0.25) is 0 Å². The van der Waals surface area contributed by atoms with Crippen molar-refractivity contribution in [3.63, 3.8) is 0 Å². The molecule has 7 heteroatoms. The predicted molar refractivity (Wildman–Crippen MR) is 77.3 cm³/mol. The van der Waals surface area contributed by atoms with Crippen molar-refractivity contribution in [3.8, 4) is 5.75 Å². The summed E-state index contributed by atoms with van der Waals surface area (Å²) in [5.74, 6) is 0.456. The maximum atomic E-state index is 10.6. The first-order valence-electron chi connectivity index (χ1n) is 6.14. The van der Waals surface area contributed by atoms with Gasteiger partial charge in [0, 0.05) is 23.4 Å². The monoisotopic (exact) mass is 308 g/mol. The van der Waals surface area contributed by atoms with Crippen LogP contribution in [0.25, 0.3) is 0 Å². The number of aromatic nitrogens is 1. The van der Waals surface area contributed by atoms with E-state index in [1.165, 1.54) is 12.1 Å². The van der Waals surface area contributed by atoms with E-state index in [9.17, 15) is 15.2 Å². The van der Waals surface area contributed by atoms with Gasteiger partial charge in [0.05, 0.1) is 16.6 Å². The Morgan fingerprint density at radius 3 is 2.76 bits per heavy atom. The lowest BCUT2D eigenvalue weighted by molar-refractivity contribution is -0.384. The molecule has 0 amide bonds. The minimum atomic E-state index is -0.510. The number of benzene rings is 1. The van der Waals surface area contributed by atoms with E-state index < -0.39 is 4.92 Å². The summed E-state index contributed by atoms with van der Waals surface area (Å²) < 4.78 is 5.57. The summed E-state index contributed by atoms with van der Waals surface area (Å²) in [6.45, 7) is 1.72. The SMILES string of the molecule is Cc1ccc(OCc2ccc([N+](=O)[O-])cc2Cl)c(CO)n1. The van der Waals surface area contributed by atoms with E-state index in [4.69, 9.17) is 16.3 Å². The average molecular weight is 309 g/mol. The van der Waals surface area contributed by atoms with Crippen LogP contribution in [0.4, 0.5) is 5.69 Å². The van der Waals surface area contributed by atoms with Gasteiger partial charge in [-0.3, -0.25) is 15.1 Å². The van der Waals surface area contributed by atoms with E-state index in [-0.39, 0.29) is 23.9 Å². The first kappa shape index (κ1) is 15.2. The summed E-state index contributed by atoms with van der Waals surface area (Å²) >= 11 is 5.99. The third-order valence-corrected chi connectivity index (χ3v) is 3.20. The average Bonchev–Trinajstić information content (AvgIpc) is 2.46. The molecule has 2 rings (SSSR count). The molecule has 1 aromatic carbocycles. The van der Waals surface area contributed by atoms with Crippen molar-refractivity contribution in [1.29, 1.82) is 0 Å². The van der Waals surface area contributed by atoms with E-state index in [0.29, 0.717) is 17.0 Å². The van der Waals surface area contributed by atoms with Gasteiger partial charge in [-0.15, -0.1) is 0 Å². The van der Waals surface area contributed by atoms with E-state index in [2.05, 4.69) is 4.98 Å². The lowest BCUT2D eigenvalue weighted by Crippen LogP contribution is -2.02. The molecule has 0 fully saturated rings. The Labute approximate surface area is 126 Å². The van der Waals surface area contributed by atoms with Crippen LogP contribution in [0, 0.1) is 17.0 Å². The second-order valence-electron chi connectivity index (χ2n) is 4.38. The summed E-state index contributed by atoms with van der Waals surface area (Å²) in [6.07, 6.45) is 0. The Kier molecular flexibility index (Phi) is 4.72. The Balaban J connectivity index is 2.15. The zero-order valence-electron chi connectivity index (χ0n) is 11.2. The van der Waals surface area contributed by atoms with E-state index in [1.807, 2.05) is 6.92 Å². The molecule has 0 radical (unpaired) electrons. The van der Waals surface area contributed by atoms with Gasteiger partial charge in [-0.25, -0.2) is 0 Å². The van der Waals surface area contributed by atoms with Crippen LogP contribution in [-0.4, -0.2) is 15.0 Å². The second-order valence-corrected chi connectivity index (χ2v) is 4.78. The van der Waals surface area contributed by atoms with E-state index in [1.54, 1.807) is 18.2 Å². The van der Waals surface area contributed by atoms with Gasteiger partial charge >= 0.3 is 0 Å². The molecule has 1 N–H and O–H groups in total. The van der Waals surface area contributed by atoms with Gasteiger partial charge in [-0.2, -0.15) is 0 Å². The number of pyridine rings is 1. The minimum Gasteiger partial charge on any atom is -0.487 e. The number of aryl methyl sites for hydroxylation is 1. The fraction of sp³-hybridized carbons (Fsp3) is 0.214. The Bertz CT molecular complexity index is 676. The third-order valence-electron chi connectivity index (χ3n) is 2.85. The number of halogens is 1. The number of nitro groups is 1. The summed E-state index contributed by atoms with van der Waals surface area (Å²) in [4.78, 5) is 14.3. The molecular formula is C14H13ClN2O4. The Morgan fingerprint density at radius 2 is 2.14 bits per heavy atom. The lowest BCUT2D eigenvalue weighted by Gasteiger charge is -2.11. The van der Waals surface area contributed by atoms with Gasteiger partial charge in [0.25, 0.3) is 5.69 Å². The predicted octanol–water partition coefficient (Wildman–Crippen LogP) is 3.02. The lowest BCUT2D eigenvalue weighted by atomic mass is 10.2. The molecule has 0 aliphatic carbocycles. The van der Waals surface area contributed by atoms with Crippen LogP contribution in [0.15, 0.2) is 30.3 Å². The van der Waals surface area contributed by atoms with Crippen LogP contribution in [0.2, 0.25) is 5.02 Å². The molecule has 1 heterocycles. The van der Waals surface area contributed by atoms with Gasteiger partial charge in [-0.05, 0) is 25.1 Å². The van der Waals surface area contributed by atoms with Crippen LogP contribution in [-0.2, 0) is 13.2 Å². The third kappa shape index (κ3) is 3.68. The summed E-state index contributed by atoms with van der Waals surface area (Å²) in [5, 5.41) is 20.1. The van der Waals surface area contributed by atoms with Gasteiger partial charge in [0.1, 0.15) is 18.1 Å². The van der Waals surface area contributed by atoms with Crippen molar-refractivity contribution in [1.82, 2.24) is 4.98 Å². The number of hydrogen-bond donors (Lipinski definition) is 1. The molecule has 0 aliphatic rings. The number of ether oxygens (including phenoxy) is 1. The molecule has 110 valence electrons. The Hall–Kier alpha value is -2.18. The molecule has 1 aromatic heterocycles. The number of nitro benzene ring substituents is 1. The van der Waals surface area contributed by atoms with Gasteiger partial charge in [0.15, 0.2) is 0 Å². The highest BCUT2D eigenvalue weighted by Gasteiger charge is 2.11. The molecule has 2 aromatic rings. The summed E-state index contributed by atoms with van der Waals surface area (Å²) in [6, 6.07) is 7.67. The quantitative estimate of drug-likeness (QED) is 0.678. The van der Waals surface area contributed by atoms with E-state index >= 15 is 0 Å².